The van der Waals surface area contributed by atoms with Crippen LogP contribution in [0, 0.1) is 5.82 Å². The molecule has 2 aromatic carbocycles. The highest BCUT2D eigenvalue weighted by molar-refractivity contribution is 7.90. The van der Waals surface area contributed by atoms with E-state index in [0.717, 1.165) is 23.3 Å². The van der Waals surface area contributed by atoms with Crippen molar-refractivity contribution >= 4 is 32.9 Å². The van der Waals surface area contributed by atoms with Gasteiger partial charge in [-0.2, -0.15) is 0 Å². The maximum atomic E-state index is 14.0. The lowest BCUT2D eigenvalue weighted by Gasteiger charge is -2.09. The first-order valence-corrected chi connectivity index (χ1v) is 12.7. The molecule has 0 saturated heterocycles. The molecule has 186 valence electrons. The van der Waals surface area contributed by atoms with Crippen molar-refractivity contribution in [2.75, 3.05) is 20.5 Å². The van der Waals surface area contributed by atoms with Gasteiger partial charge < -0.3 is 19.8 Å². The molecule has 2 N–H and O–H groups in total. The summed E-state index contributed by atoms with van der Waals surface area (Å²) >= 11 is 0. The third kappa shape index (κ3) is 5.38. The van der Waals surface area contributed by atoms with E-state index >= 15 is 0 Å². The first kappa shape index (κ1) is 24.9. The van der Waals surface area contributed by atoms with Crippen LogP contribution in [-0.4, -0.2) is 44.8 Å². The lowest BCUT2D eigenvalue weighted by Crippen LogP contribution is -2.20. The maximum absolute atomic E-state index is 14.0. The number of sulfone groups is 1. The molecule has 2 heterocycles. The largest absolute Gasteiger partial charge is 0.493 e. The van der Waals surface area contributed by atoms with Crippen molar-refractivity contribution < 1.29 is 27.1 Å². The number of amides is 1. The minimum absolute atomic E-state index is 0.292. The van der Waals surface area contributed by atoms with Crippen LogP contribution in [0.15, 0.2) is 65.8 Å². The number of hydrogen-bond acceptors (Lipinski definition) is 6. The van der Waals surface area contributed by atoms with Crippen molar-refractivity contribution in [3.63, 3.8) is 0 Å². The Labute approximate surface area is 207 Å². The second kappa shape index (κ2) is 10.2. The SMILES string of the molecule is COc1ccc(CNC(=O)/C=C/c2c[nH]c3ncc(-c4ccc(F)c(S(C)(=O)=O)c4)cc23)cc1OC. The van der Waals surface area contributed by atoms with Gasteiger partial charge in [-0.25, -0.2) is 17.8 Å². The number of methoxy groups -OCH3 is 2. The molecule has 2 aromatic heterocycles. The zero-order valence-corrected chi connectivity index (χ0v) is 20.6. The van der Waals surface area contributed by atoms with E-state index in [2.05, 4.69) is 15.3 Å². The van der Waals surface area contributed by atoms with Gasteiger partial charge in [0.15, 0.2) is 21.3 Å². The van der Waals surface area contributed by atoms with E-state index in [4.69, 9.17) is 9.47 Å². The Morgan fingerprint density at radius 3 is 2.58 bits per heavy atom. The van der Waals surface area contributed by atoms with Crippen LogP contribution >= 0.6 is 0 Å². The number of aromatic amines is 1. The topological polar surface area (TPSA) is 110 Å². The molecule has 36 heavy (non-hydrogen) atoms. The second-order valence-electron chi connectivity index (χ2n) is 8.02. The average Bonchev–Trinajstić information content (AvgIpc) is 3.27. The summed E-state index contributed by atoms with van der Waals surface area (Å²) in [7, 11) is -0.623. The second-order valence-corrected chi connectivity index (χ2v) is 10.0. The number of rotatable bonds is 8. The van der Waals surface area contributed by atoms with Gasteiger partial charge in [0.1, 0.15) is 16.4 Å². The third-order valence-corrected chi connectivity index (χ3v) is 6.67. The molecule has 1 amide bonds. The minimum atomic E-state index is -3.73. The first-order chi connectivity index (χ1) is 17.2. The van der Waals surface area contributed by atoms with Crippen LogP contribution in [0.4, 0.5) is 4.39 Å². The Morgan fingerprint density at radius 2 is 1.86 bits per heavy atom. The van der Waals surface area contributed by atoms with Gasteiger partial charge in [0.05, 0.1) is 14.2 Å². The molecule has 0 saturated carbocycles. The summed E-state index contributed by atoms with van der Waals surface area (Å²) < 4.78 is 48.3. The van der Waals surface area contributed by atoms with Crippen molar-refractivity contribution in [2.24, 2.45) is 0 Å². The number of hydrogen-bond donors (Lipinski definition) is 2. The van der Waals surface area contributed by atoms with Gasteiger partial charge in [-0.15, -0.1) is 0 Å². The van der Waals surface area contributed by atoms with Gasteiger partial charge in [-0.3, -0.25) is 4.79 Å². The number of pyridine rings is 1. The van der Waals surface area contributed by atoms with E-state index < -0.39 is 15.7 Å². The molecule has 0 unspecified atom stereocenters. The summed E-state index contributed by atoms with van der Waals surface area (Å²) in [5.74, 6) is 0.0823. The number of ether oxygens (including phenoxy) is 2. The van der Waals surface area contributed by atoms with Crippen molar-refractivity contribution in [2.45, 2.75) is 11.4 Å². The van der Waals surface area contributed by atoms with Crippen molar-refractivity contribution in [3.8, 4) is 22.6 Å². The van der Waals surface area contributed by atoms with Gasteiger partial charge in [0.25, 0.3) is 0 Å². The van der Waals surface area contributed by atoms with Crippen LogP contribution in [0.5, 0.6) is 11.5 Å². The predicted octanol–water partition coefficient (Wildman–Crippen LogP) is 4.12. The first-order valence-electron chi connectivity index (χ1n) is 10.8. The number of aromatic nitrogens is 2. The molecule has 0 aliphatic rings. The zero-order chi connectivity index (χ0) is 25.9. The molecule has 4 rings (SSSR count). The van der Waals surface area contributed by atoms with Gasteiger partial charge in [-0.1, -0.05) is 12.1 Å². The molecule has 0 aliphatic carbocycles. The Hall–Kier alpha value is -4.18. The Kier molecular flexibility index (Phi) is 7.07. The van der Waals surface area contributed by atoms with E-state index in [0.29, 0.717) is 40.4 Å². The van der Waals surface area contributed by atoms with Crippen LogP contribution in [0.2, 0.25) is 0 Å². The fourth-order valence-electron chi connectivity index (χ4n) is 3.69. The average molecular weight is 510 g/mol. The van der Waals surface area contributed by atoms with Gasteiger partial charge in [0.2, 0.25) is 5.91 Å². The highest BCUT2D eigenvalue weighted by Crippen LogP contribution is 2.29. The molecule has 0 bridgehead atoms. The van der Waals surface area contributed by atoms with Gasteiger partial charge in [0, 0.05) is 47.8 Å². The van der Waals surface area contributed by atoms with Gasteiger partial charge >= 0.3 is 0 Å². The highest BCUT2D eigenvalue weighted by Gasteiger charge is 2.15. The molecular weight excluding hydrogens is 485 g/mol. The molecule has 10 heteroatoms. The number of carbonyl (C=O) groups excluding carboxylic acids is 1. The number of nitrogens with one attached hydrogen (secondary N) is 2. The van der Waals surface area contributed by atoms with Crippen LogP contribution < -0.4 is 14.8 Å². The normalized spacial score (nSPS) is 11.7. The van der Waals surface area contributed by atoms with E-state index in [1.54, 1.807) is 50.9 Å². The Morgan fingerprint density at radius 1 is 1.08 bits per heavy atom. The van der Waals surface area contributed by atoms with Crippen LogP contribution in [0.25, 0.3) is 28.2 Å². The van der Waals surface area contributed by atoms with E-state index in [9.17, 15) is 17.6 Å². The predicted molar refractivity (Wildman–Crippen MR) is 135 cm³/mol. The Balaban J connectivity index is 1.52. The fraction of sp³-hybridized carbons (Fsp3) is 0.154. The van der Waals surface area contributed by atoms with Crippen molar-refractivity contribution in [3.05, 3.63) is 77.9 Å². The molecule has 8 nitrogen and oxygen atoms in total. The Bertz CT molecular complexity index is 1580. The van der Waals surface area contributed by atoms with E-state index in [1.807, 2.05) is 6.07 Å². The van der Waals surface area contributed by atoms with Crippen LogP contribution in [0.3, 0.4) is 0 Å². The highest BCUT2D eigenvalue weighted by atomic mass is 32.2. The molecule has 0 atom stereocenters. The number of halogens is 1. The summed E-state index contributed by atoms with van der Waals surface area (Å²) in [5, 5.41) is 3.54. The smallest absolute Gasteiger partial charge is 0.244 e. The van der Waals surface area contributed by atoms with Crippen molar-refractivity contribution in [1.29, 1.82) is 0 Å². The maximum Gasteiger partial charge on any atom is 0.244 e. The molecular formula is C26H24FN3O5S. The van der Waals surface area contributed by atoms with Crippen molar-refractivity contribution in [1.82, 2.24) is 15.3 Å². The molecule has 4 aromatic rings. The zero-order valence-electron chi connectivity index (χ0n) is 19.8. The number of benzene rings is 2. The third-order valence-electron chi connectivity index (χ3n) is 5.56. The number of nitrogens with zero attached hydrogens (tertiary/aromatic N) is 1. The number of fused-ring (bicyclic) bond motifs is 1. The van der Waals surface area contributed by atoms with Gasteiger partial charge in [-0.05, 0) is 47.5 Å². The fourth-order valence-corrected chi connectivity index (χ4v) is 4.45. The number of H-pyrrole nitrogens is 1. The summed E-state index contributed by atoms with van der Waals surface area (Å²) in [5.41, 5.74) is 3.28. The summed E-state index contributed by atoms with van der Waals surface area (Å²) in [6, 6.07) is 11.1. The summed E-state index contributed by atoms with van der Waals surface area (Å²) in [4.78, 5) is 19.4. The minimum Gasteiger partial charge on any atom is -0.493 e. The lowest BCUT2D eigenvalue weighted by atomic mass is 10.1. The molecule has 0 radical (unpaired) electrons. The molecule has 0 spiro atoms. The van der Waals surface area contributed by atoms with Crippen LogP contribution in [0.1, 0.15) is 11.1 Å². The monoisotopic (exact) mass is 509 g/mol. The number of carbonyl (C=O) groups is 1. The lowest BCUT2D eigenvalue weighted by molar-refractivity contribution is -0.116. The quantitative estimate of drug-likeness (QED) is 0.346. The summed E-state index contributed by atoms with van der Waals surface area (Å²) in [6.07, 6.45) is 7.31. The molecule has 0 fully saturated rings. The molecule has 0 aliphatic heterocycles. The summed E-state index contributed by atoms with van der Waals surface area (Å²) in [6.45, 7) is 0.302. The van der Waals surface area contributed by atoms with E-state index in [-0.39, 0.29) is 10.8 Å². The standard InChI is InChI=1S/C26H24FN3O5S/c1-34-22-8-4-16(10-23(22)35-2)13-28-25(31)9-6-18-14-29-26-20(18)11-19(15-30-26)17-5-7-21(27)24(12-17)36(3,32)33/h4-12,14-15H,13H2,1-3H3,(H,28,31)(H,29,30)/b9-6+. The van der Waals surface area contributed by atoms with Crippen LogP contribution in [-0.2, 0) is 21.2 Å². The van der Waals surface area contributed by atoms with E-state index in [1.165, 1.54) is 18.2 Å².